The summed E-state index contributed by atoms with van der Waals surface area (Å²) in [5, 5.41) is 2.95. The van der Waals surface area contributed by atoms with Crippen molar-refractivity contribution in [3.8, 4) is 0 Å². The third-order valence-corrected chi connectivity index (χ3v) is 4.53. The second kappa shape index (κ2) is 7.60. The molecule has 0 spiro atoms. The molecule has 0 aromatic carbocycles. The minimum Gasteiger partial charge on any atom is -0.444 e. The van der Waals surface area contributed by atoms with Crippen molar-refractivity contribution < 1.29 is 14.3 Å². The van der Waals surface area contributed by atoms with Gasteiger partial charge in [0.15, 0.2) is 5.78 Å². The molecule has 0 unspecified atom stereocenters. The fourth-order valence-electron chi connectivity index (χ4n) is 3.34. The number of likely N-dealkylation sites (tertiary alicyclic amines) is 1. The van der Waals surface area contributed by atoms with E-state index in [1.165, 1.54) is 0 Å². The lowest BCUT2D eigenvalue weighted by molar-refractivity contribution is 0.0451. The van der Waals surface area contributed by atoms with Crippen molar-refractivity contribution in [1.82, 2.24) is 15.2 Å². The van der Waals surface area contributed by atoms with E-state index in [4.69, 9.17) is 4.74 Å². The largest absolute Gasteiger partial charge is 0.444 e. The highest BCUT2D eigenvalue weighted by atomic mass is 16.6. The highest BCUT2D eigenvalue weighted by Crippen LogP contribution is 2.19. The number of rotatable bonds is 4. The number of hydrogen-bond acceptors (Lipinski definition) is 4. The summed E-state index contributed by atoms with van der Waals surface area (Å²) in [4.78, 5) is 29.8. The van der Waals surface area contributed by atoms with Gasteiger partial charge < -0.3 is 15.0 Å². The molecular formula is C19H31N3O3. The lowest BCUT2D eigenvalue weighted by Gasteiger charge is -2.37. The van der Waals surface area contributed by atoms with E-state index in [-0.39, 0.29) is 24.0 Å². The third-order valence-electron chi connectivity index (χ3n) is 4.53. The minimum atomic E-state index is -0.491. The van der Waals surface area contributed by atoms with E-state index in [0.717, 1.165) is 36.3 Å². The molecule has 1 aromatic heterocycles. The van der Waals surface area contributed by atoms with Crippen LogP contribution in [-0.4, -0.2) is 52.5 Å². The predicted molar refractivity (Wildman–Crippen MR) is 98.0 cm³/mol. The lowest BCUT2D eigenvalue weighted by Crippen LogP contribution is -2.50. The van der Waals surface area contributed by atoms with Crippen LogP contribution in [0.3, 0.4) is 0 Å². The first-order valence-electron chi connectivity index (χ1n) is 8.98. The Balaban J connectivity index is 1.86. The molecule has 6 heteroatoms. The Labute approximate surface area is 150 Å². The molecule has 1 aliphatic rings. The predicted octanol–water partition coefficient (Wildman–Crippen LogP) is 3.19. The number of alkyl carbamates (subject to hydrolysis) is 1. The molecule has 1 aromatic rings. The van der Waals surface area contributed by atoms with Crippen molar-refractivity contribution in [2.24, 2.45) is 0 Å². The van der Waals surface area contributed by atoms with Crippen LogP contribution in [0, 0.1) is 13.8 Å². The Kier molecular flexibility index (Phi) is 5.93. The van der Waals surface area contributed by atoms with Crippen LogP contribution in [0.1, 0.15) is 62.3 Å². The number of H-pyrrole nitrogens is 1. The van der Waals surface area contributed by atoms with Crippen LogP contribution in [0.2, 0.25) is 0 Å². The number of aromatic nitrogens is 1. The van der Waals surface area contributed by atoms with Crippen LogP contribution in [0.4, 0.5) is 4.79 Å². The number of aromatic amines is 1. The van der Waals surface area contributed by atoms with Gasteiger partial charge >= 0.3 is 6.09 Å². The molecule has 1 saturated heterocycles. The van der Waals surface area contributed by atoms with E-state index in [1.54, 1.807) is 0 Å². The Morgan fingerprint density at radius 1 is 1.36 bits per heavy atom. The van der Waals surface area contributed by atoms with Gasteiger partial charge in [-0.25, -0.2) is 4.79 Å². The fraction of sp³-hybridized carbons (Fsp3) is 0.684. The molecule has 25 heavy (non-hydrogen) atoms. The van der Waals surface area contributed by atoms with Gasteiger partial charge in [0, 0.05) is 35.6 Å². The molecule has 0 bridgehead atoms. The summed E-state index contributed by atoms with van der Waals surface area (Å²) in [6.45, 7) is 12.8. The van der Waals surface area contributed by atoms with Gasteiger partial charge in [0.2, 0.25) is 0 Å². The Hall–Kier alpha value is -1.82. The molecule has 0 saturated carbocycles. The van der Waals surface area contributed by atoms with Gasteiger partial charge in [-0.1, -0.05) is 0 Å². The molecule has 2 N–H and O–H groups in total. The maximum Gasteiger partial charge on any atom is 0.407 e. The molecule has 1 amide bonds. The quantitative estimate of drug-likeness (QED) is 0.819. The van der Waals surface area contributed by atoms with Gasteiger partial charge in [-0.3, -0.25) is 9.69 Å². The van der Waals surface area contributed by atoms with E-state index >= 15 is 0 Å². The number of nitrogens with zero attached hydrogens (tertiary/aromatic N) is 1. The van der Waals surface area contributed by atoms with E-state index in [0.29, 0.717) is 6.54 Å². The number of nitrogens with one attached hydrogen (secondary N) is 2. The van der Waals surface area contributed by atoms with Crippen molar-refractivity contribution >= 4 is 11.9 Å². The summed E-state index contributed by atoms with van der Waals surface area (Å²) in [7, 11) is 0. The number of amides is 1. The van der Waals surface area contributed by atoms with E-state index in [9.17, 15) is 9.59 Å². The van der Waals surface area contributed by atoms with Gasteiger partial charge in [-0.05, 0) is 60.5 Å². The number of aryl methyl sites for hydroxylation is 2. The number of carbonyl (C=O) groups is 2. The Morgan fingerprint density at radius 3 is 2.56 bits per heavy atom. The van der Waals surface area contributed by atoms with Gasteiger partial charge in [-0.2, -0.15) is 0 Å². The zero-order valence-electron chi connectivity index (χ0n) is 16.2. The molecular weight excluding hydrogens is 318 g/mol. The second-order valence-corrected chi connectivity index (χ2v) is 8.10. The topological polar surface area (TPSA) is 74.4 Å². The summed E-state index contributed by atoms with van der Waals surface area (Å²) in [5.41, 5.74) is 2.22. The van der Waals surface area contributed by atoms with Gasteiger partial charge in [0.25, 0.3) is 0 Å². The van der Waals surface area contributed by atoms with Crippen LogP contribution in [0.5, 0.6) is 0 Å². The molecule has 140 valence electrons. The number of carbonyl (C=O) groups excluding carboxylic acids is 2. The Bertz CT molecular complexity index is 630. The van der Waals surface area contributed by atoms with Crippen molar-refractivity contribution in [1.29, 1.82) is 0 Å². The average Bonchev–Trinajstić information content (AvgIpc) is 2.78. The smallest absolute Gasteiger partial charge is 0.407 e. The number of piperidine rings is 1. The molecule has 6 nitrogen and oxygen atoms in total. The van der Waals surface area contributed by atoms with Crippen LogP contribution in [0.25, 0.3) is 0 Å². The highest BCUT2D eigenvalue weighted by Gasteiger charge is 2.29. The molecule has 1 fully saturated rings. The van der Waals surface area contributed by atoms with Crippen LogP contribution < -0.4 is 5.32 Å². The standard InChI is InChI=1S/C19H31N3O3/c1-12-9-16(14(3)20-12)17(23)11-22-8-7-15(10-13(22)2)21-18(24)25-19(4,5)6/h9,13,15,20H,7-8,10-11H2,1-6H3,(H,21,24)/t13-,15-/m0/s1. The van der Waals surface area contributed by atoms with E-state index in [1.807, 2.05) is 40.7 Å². The number of ketones is 1. The fourth-order valence-corrected chi connectivity index (χ4v) is 3.34. The monoisotopic (exact) mass is 349 g/mol. The van der Waals surface area contributed by atoms with Crippen molar-refractivity contribution in [2.45, 2.75) is 72.1 Å². The average molecular weight is 349 g/mol. The van der Waals surface area contributed by atoms with Crippen molar-refractivity contribution in [3.63, 3.8) is 0 Å². The summed E-state index contributed by atoms with van der Waals surface area (Å²) in [6.07, 6.45) is 1.27. The first-order chi connectivity index (χ1) is 11.5. The van der Waals surface area contributed by atoms with Gasteiger partial charge in [-0.15, -0.1) is 0 Å². The number of ether oxygens (including phenoxy) is 1. The lowest BCUT2D eigenvalue weighted by atomic mass is 9.97. The van der Waals surface area contributed by atoms with Crippen LogP contribution >= 0.6 is 0 Å². The molecule has 1 aliphatic heterocycles. The summed E-state index contributed by atoms with van der Waals surface area (Å²) >= 11 is 0. The SMILES string of the molecule is Cc1cc(C(=O)CN2CC[C@H](NC(=O)OC(C)(C)C)C[C@@H]2C)c(C)[nH]1. The first kappa shape index (κ1) is 19.5. The molecule has 2 rings (SSSR count). The van der Waals surface area contributed by atoms with E-state index < -0.39 is 5.60 Å². The van der Waals surface area contributed by atoms with Gasteiger partial charge in [0.05, 0.1) is 6.54 Å². The second-order valence-electron chi connectivity index (χ2n) is 8.10. The molecule has 0 aliphatic carbocycles. The minimum absolute atomic E-state index is 0.0902. The highest BCUT2D eigenvalue weighted by molar-refractivity contribution is 5.98. The first-order valence-corrected chi connectivity index (χ1v) is 8.98. The molecule has 2 heterocycles. The normalized spacial score (nSPS) is 21.8. The van der Waals surface area contributed by atoms with E-state index in [2.05, 4.69) is 22.1 Å². The zero-order chi connectivity index (χ0) is 18.8. The Morgan fingerprint density at radius 2 is 2.04 bits per heavy atom. The summed E-state index contributed by atoms with van der Waals surface area (Å²) < 4.78 is 5.32. The number of hydrogen-bond donors (Lipinski definition) is 2. The van der Waals surface area contributed by atoms with Crippen molar-refractivity contribution in [3.05, 3.63) is 23.0 Å². The molecule has 2 atom stereocenters. The summed E-state index contributed by atoms with van der Waals surface area (Å²) in [5.74, 6) is 0.146. The zero-order valence-corrected chi connectivity index (χ0v) is 16.2. The number of Topliss-reactive ketones (excluding diaryl/α,β-unsaturated/α-hetero) is 1. The maximum atomic E-state index is 12.6. The molecule has 0 radical (unpaired) electrons. The van der Waals surface area contributed by atoms with Gasteiger partial charge in [0.1, 0.15) is 5.60 Å². The summed E-state index contributed by atoms with van der Waals surface area (Å²) in [6, 6.07) is 2.24. The van der Waals surface area contributed by atoms with Crippen LogP contribution in [-0.2, 0) is 4.74 Å². The van der Waals surface area contributed by atoms with Crippen molar-refractivity contribution in [2.75, 3.05) is 13.1 Å². The van der Waals surface area contributed by atoms with Crippen LogP contribution in [0.15, 0.2) is 6.07 Å². The maximum absolute atomic E-state index is 12.6. The third kappa shape index (κ3) is 5.59.